The van der Waals surface area contributed by atoms with Crippen LogP contribution in [-0.4, -0.2) is 62.7 Å². The predicted octanol–water partition coefficient (Wildman–Crippen LogP) is 2.19. The largest absolute Gasteiger partial charge is 0.476 e. The number of hydrogen-bond donors (Lipinski definition) is 1. The monoisotopic (exact) mass is 474 g/mol. The van der Waals surface area contributed by atoms with Crippen LogP contribution in [0.15, 0.2) is 50.4 Å². The lowest BCUT2D eigenvalue weighted by Crippen LogP contribution is -2.42. The molecule has 186 valence electrons. The Morgan fingerprint density at radius 2 is 1.42 bits per heavy atom. The van der Waals surface area contributed by atoms with Gasteiger partial charge in [0.2, 0.25) is 5.76 Å². The summed E-state index contributed by atoms with van der Waals surface area (Å²) in [5.41, 5.74) is -1.24. The van der Waals surface area contributed by atoms with E-state index in [9.17, 15) is 19.6 Å². The van der Waals surface area contributed by atoms with E-state index in [-0.39, 0.29) is 39.0 Å². The molecule has 12 heteroatoms. The Labute approximate surface area is 191 Å². The van der Waals surface area contributed by atoms with Crippen LogP contribution in [0.3, 0.4) is 0 Å². The normalized spacial score (nSPS) is 11.5. The molecule has 0 aromatic heterocycles. The Bertz CT molecular complexity index is 683. The minimum Gasteiger partial charge on any atom is -0.476 e. The second-order valence-corrected chi connectivity index (χ2v) is 6.55. The molecule has 0 amide bonds. The number of carbonyl (C=O) groups excluding carboxylic acids is 3. The Kier molecular flexibility index (Phi) is 14.9. The third kappa shape index (κ3) is 13.1. The molecule has 0 aliphatic rings. The molecule has 0 saturated carbocycles. The second kappa shape index (κ2) is 16.4. The number of carbonyl (C=O) groups is 3. The van der Waals surface area contributed by atoms with Crippen LogP contribution in [0.2, 0.25) is 0 Å². The predicted molar refractivity (Wildman–Crippen MR) is 112 cm³/mol. The molecular formula is C21H30O12. The third-order valence-corrected chi connectivity index (χ3v) is 3.74. The molecule has 33 heavy (non-hydrogen) atoms. The zero-order valence-corrected chi connectivity index (χ0v) is 18.7. The minimum absolute atomic E-state index is 0.171. The fraction of sp³-hybridized carbons (Fsp3) is 0.476. The molecule has 0 heterocycles. The maximum atomic E-state index is 12.2. The summed E-state index contributed by atoms with van der Waals surface area (Å²) in [6.45, 7) is 14.7. The van der Waals surface area contributed by atoms with Crippen molar-refractivity contribution in [2.45, 2.75) is 26.4 Å². The lowest BCUT2D eigenvalue weighted by atomic mass is 9.84. The van der Waals surface area contributed by atoms with E-state index in [1.54, 1.807) is 0 Å². The van der Waals surface area contributed by atoms with E-state index in [0.717, 1.165) is 26.4 Å². The molecule has 0 aliphatic heterocycles. The summed E-state index contributed by atoms with van der Waals surface area (Å²) in [4.78, 5) is 38.9. The zero-order chi connectivity index (χ0) is 25.3. The van der Waals surface area contributed by atoms with Gasteiger partial charge in [0, 0.05) is 13.8 Å². The molecule has 0 aromatic rings. The molecule has 0 fully saturated rings. The van der Waals surface area contributed by atoms with Crippen molar-refractivity contribution in [3.05, 3.63) is 50.4 Å². The van der Waals surface area contributed by atoms with Crippen LogP contribution in [0.4, 0.5) is 0 Å². The Hall–Kier alpha value is -3.19. The standard InChI is InChI=1S/C21H30O12/c1-7-26-13-28-10-21(11-29-14-27-8-2,9-19(33-25)15(3)31-17(5)22)12-30-20(24)16(4)32-18(6)23/h7-8,19,25H,1-4,9-14H2,5-6H3. The first-order valence-electron chi connectivity index (χ1n) is 9.43. The van der Waals surface area contributed by atoms with Crippen molar-refractivity contribution >= 4 is 17.9 Å². The van der Waals surface area contributed by atoms with Crippen LogP contribution in [-0.2, 0) is 52.4 Å². The maximum Gasteiger partial charge on any atom is 0.373 e. The van der Waals surface area contributed by atoms with E-state index in [1.165, 1.54) is 0 Å². The molecule has 0 saturated heterocycles. The van der Waals surface area contributed by atoms with E-state index >= 15 is 0 Å². The zero-order valence-electron chi connectivity index (χ0n) is 18.7. The molecule has 1 atom stereocenters. The average molecular weight is 474 g/mol. The van der Waals surface area contributed by atoms with Gasteiger partial charge in [0.1, 0.15) is 12.4 Å². The molecule has 0 rings (SSSR count). The highest BCUT2D eigenvalue weighted by molar-refractivity contribution is 5.88. The molecule has 12 nitrogen and oxygen atoms in total. The van der Waals surface area contributed by atoms with Crippen molar-refractivity contribution in [2.75, 3.05) is 33.4 Å². The molecular weight excluding hydrogens is 444 g/mol. The minimum atomic E-state index is -1.25. The molecule has 0 aromatic carbocycles. The fourth-order valence-corrected chi connectivity index (χ4v) is 2.38. The van der Waals surface area contributed by atoms with Crippen molar-refractivity contribution in [3.63, 3.8) is 0 Å². The van der Waals surface area contributed by atoms with Crippen molar-refractivity contribution in [3.8, 4) is 0 Å². The molecule has 0 spiro atoms. The highest BCUT2D eigenvalue weighted by atomic mass is 17.1. The van der Waals surface area contributed by atoms with Crippen LogP contribution >= 0.6 is 0 Å². The molecule has 0 radical (unpaired) electrons. The van der Waals surface area contributed by atoms with Gasteiger partial charge in [-0.2, -0.15) is 0 Å². The average Bonchev–Trinajstić information content (AvgIpc) is 2.75. The van der Waals surface area contributed by atoms with E-state index < -0.39 is 41.8 Å². The van der Waals surface area contributed by atoms with Gasteiger partial charge in [-0.15, -0.1) is 0 Å². The number of ether oxygens (including phenoxy) is 7. The van der Waals surface area contributed by atoms with Crippen LogP contribution < -0.4 is 0 Å². The van der Waals surface area contributed by atoms with Gasteiger partial charge in [-0.05, 0) is 13.0 Å². The molecule has 0 aliphatic carbocycles. The summed E-state index contributed by atoms with van der Waals surface area (Å²) in [6, 6.07) is 0. The van der Waals surface area contributed by atoms with Gasteiger partial charge in [0.05, 0.1) is 31.2 Å². The van der Waals surface area contributed by atoms with Crippen LogP contribution in [0, 0.1) is 5.41 Å². The van der Waals surface area contributed by atoms with Crippen LogP contribution in [0.5, 0.6) is 0 Å². The summed E-state index contributed by atoms with van der Waals surface area (Å²) in [5.74, 6) is -3.23. The summed E-state index contributed by atoms with van der Waals surface area (Å²) in [7, 11) is 0. The summed E-state index contributed by atoms with van der Waals surface area (Å²) >= 11 is 0. The molecule has 0 bridgehead atoms. The van der Waals surface area contributed by atoms with Gasteiger partial charge in [0.15, 0.2) is 19.7 Å². The first-order chi connectivity index (χ1) is 15.6. The van der Waals surface area contributed by atoms with E-state index in [1.807, 2.05) is 0 Å². The van der Waals surface area contributed by atoms with Gasteiger partial charge >= 0.3 is 17.9 Å². The van der Waals surface area contributed by atoms with Crippen molar-refractivity contribution in [1.29, 1.82) is 0 Å². The molecule has 1 unspecified atom stereocenters. The van der Waals surface area contributed by atoms with Gasteiger partial charge < -0.3 is 33.2 Å². The third-order valence-electron chi connectivity index (χ3n) is 3.74. The summed E-state index contributed by atoms with van der Waals surface area (Å²) in [5, 5.41) is 9.37. The summed E-state index contributed by atoms with van der Waals surface area (Å²) in [6.07, 6.45) is 0.880. The van der Waals surface area contributed by atoms with Gasteiger partial charge in [-0.1, -0.05) is 19.7 Å². The van der Waals surface area contributed by atoms with Crippen molar-refractivity contribution in [2.24, 2.45) is 5.41 Å². The summed E-state index contributed by atoms with van der Waals surface area (Å²) < 4.78 is 35.5. The van der Waals surface area contributed by atoms with Gasteiger partial charge in [-0.3, -0.25) is 14.8 Å². The lowest BCUT2D eigenvalue weighted by molar-refractivity contribution is -0.284. The number of hydrogen-bond acceptors (Lipinski definition) is 12. The van der Waals surface area contributed by atoms with Gasteiger partial charge in [0.25, 0.3) is 0 Å². The lowest BCUT2D eigenvalue weighted by Gasteiger charge is -2.34. The van der Waals surface area contributed by atoms with Crippen LogP contribution in [0.1, 0.15) is 20.3 Å². The number of rotatable bonds is 19. The Balaban J connectivity index is 5.72. The Morgan fingerprint density at radius 1 is 0.909 bits per heavy atom. The second-order valence-electron chi connectivity index (χ2n) is 6.55. The first-order valence-corrected chi connectivity index (χ1v) is 9.43. The highest BCUT2D eigenvalue weighted by Crippen LogP contribution is 2.30. The topological polar surface area (TPSA) is 145 Å². The fourth-order valence-electron chi connectivity index (χ4n) is 2.38. The van der Waals surface area contributed by atoms with Crippen molar-refractivity contribution in [1.82, 2.24) is 0 Å². The first kappa shape index (κ1) is 29.8. The van der Waals surface area contributed by atoms with E-state index in [0.29, 0.717) is 0 Å². The number of esters is 3. The van der Waals surface area contributed by atoms with Crippen molar-refractivity contribution < 1.29 is 57.7 Å². The SMILES string of the molecule is C=COCOCC(COCOC=C)(COC(=O)C(=C)OC(C)=O)CC(OO)C(=C)OC(C)=O. The molecule has 1 N–H and O–H groups in total. The van der Waals surface area contributed by atoms with E-state index in [4.69, 9.17) is 28.4 Å². The highest BCUT2D eigenvalue weighted by Gasteiger charge is 2.39. The quantitative estimate of drug-likeness (QED) is 0.0428. The van der Waals surface area contributed by atoms with Crippen LogP contribution in [0.25, 0.3) is 0 Å². The Morgan fingerprint density at radius 3 is 1.85 bits per heavy atom. The van der Waals surface area contributed by atoms with E-state index in [2.05, 4.69) is 35.9 Å². The smallest absolute Gasteiger partial charge is 0.373 e. The van der Waals surface area contributed by atoms with Gasteiger partial charge in [-0.25, -0.2) is 9.68 Å². The maximum absolute atomic E-state index is 12.2.